The van der Waals surface area contributed by atoms with E-state index < -0.39 is 35.3 Å². The Hall–Kier alpha value is -1.47. The smallest absolute Gasteiger partial charge is 0.316 e. The van der Waals surface area contributed by atoms with E-state index in [1.165, 1.54) is 14.2 Å². The molecule has 2 saturated carbocycles. The summed E-state index contributed by atoms with van der Waals surface area (Å²) in [7, 11) is 2.49. The van der Waals surface area contributed by atoms with Crippen molar-refractivity contribution in [3.63, 3.8) is 0 Å². The molecule has 0 radical (unpaired) electrons. The van der Waals surface area contributed by atoms with Crippen LogP contribution in [0, 0.1) is 29.1 Å². The summed E-state index contributed by atoms with van der Waals surface area (Å²) in [6, 6.07) is 0. The number of ketones is 1. The zero-order valence-electron chi connectivity index (χ0n) is 14.5. The summed E-state index contributed by atoms with van der Waals surface area (Å²) < 4.78 is 21.6. The van der Waals surface area contributed by atoms with Gasteiger partial charge < -0.3 is 18.9 Å². The van der Waals surface area contributed by atoms with Gasteiger partial charge in [-0.15, -0.1) is 0 Å². The highest BCUT2D eigenvalue weighted by Gasteiger charge is 2.65. The standard InChI is InChI=1S/C17H24O7/c1-16(2)7-23-17(24-8-16)5-9-10(6-17)12(15(20)22-4)13(18)11(9)14(19)21-3/h9-12H,5-8H2,1-4H3/t9-,10+,11?,12?. The van der Waals surface area contributed by atoms with Crippen molar-refractivity contribution in [3.8, 4) is 0 Å². The molecule has 1 heterocycles. The Kier molecular flexibility index (Phi) is 4.20. The molecule has 2 aliphatic carbocycles. The second-order valence-corrected chi connectivity index (χ2v) is 7.79. The van der Waals surface area contributed by atoms with Crippen molar-refractivity contribution in [3.05, 3.63) is 0 Å². The molecule has 24 heavy (non-hydrogen) atoms. The number of fused-ring (bicyclic) bond motifs is 1. The summed E-state index contributed by atoms with van der Waals surface area (Å²) in [4.78, 5) is 36.9. The number of ether oxygens (including phenoxy) is 4. The van der Waals surface area contributed by atoms with Crippen molar-refractivity contribution < 1.29 is 33.3 Å². The fourth-order valence-electron chi connectivity index (χ4n) is 4.26. The van der Waals surface area contributed by atoms with Gasteiger partial charge in [0.25, 0.3) is 0 Å². The lowest BCUT2D eigenvalue weighted by atomic mass is 9.90. The molecular formula is C17H24O7. The Morgan fingerprint density at radius 2 is 1.38 bits per heavy atom. The van der Waals surface area contributed by atoms with Crippen molar-refractivity contribution in [1.82, 2.24) is 0 Å². The van der Waals surface area contributed by atoms with E-state index in [0.29, 0.717) is 26.1 Å². The number of esters is 2. The van der Waals surface area contributed by atoms with Crippen molar-refractivity contribution in [1.29, 1.82) is 0 Å². The first kappa shape index (κ1) is 17.4. The summed E-state index contributed by atoms with van der Waals surface area (Å²) in [6.45, 7) is 5.17. The topological polar surface area (TPSA) is 88.1 Å². The molecule has 0 amide bonds. The number of Topliss-reactive ketones (excluding diaryl/α,β-unsaturated/α-hetero) is 1. The normalized spacial score (nSPS) is 36.4. The monoisotopic (exact) mass is 340 g/mol. The molecule has 3 rings (SSSR count). The molecule has 0 aromatic heterocycles. The number of methoxy groups -OCH3 is 2. The third-order valence-corrected chi connectivity index (χ3v) is 5.47. The molecule has 1 spiro atoms. The first-order chi connectivity index (χ1) is 11.2. The van der Waals surface area contributed by atoms with Crippen LogP contribution < -0.4 is 0 Å². The van der Waals surface area contributed by atoms with E-state index in [0.717, 1.165) is 0 Å². The van der Waals surface area contributed by atoms with Gasteiger partial charge >= 0.3 is 11.9 Å². The summed E-state index contributed by atoms with van der Waals surface area (Å²) in [6.07, 6.45) is 0.819. The Balaban J connectivity index is 1.87. The molecule has 3 aliphatic rings. The number of rotatable bonds is 2. The molecule has 1 aliphatic heterocycles. The summed E-state index contributed by atoms with van der Waals surface area (Å²) >= 11 is 0. The number of carbonyl (C=O) groups is 3. The zero-order valence-corrected chi connectivity index (χ0v) is 14.5. The molecule has 7 nitrogen and oxygen atoms in total. The predicted molar refractivity (Wildman–Crippen MR) is 80.6 cm³/mol. The van der Waals surface area contributed by atoms with Crippen LogP contribution in [0.3, 0.4) is 0 Å². The highest BCUT2D eigenvalue weighted by Crippen LogP contribution is 2.56. The minimum absolute atomic E-state index is 0.0811. The van der Waals surface area contributed by atoms with E-state index in [2.05, 4.69) is 0 Å². The van der Waals surface area contributed by atoms with Crippen molar-refractivity contribution in [2.24, 2.45) is 29.1 Å². The molecule has 4 atom stereocenters. The van der Waals surface area contributed by atoms with E-state index in [9.17, 15) is 14.4 Å². The zero-order chi connectivity index (χ0) is 17.7. The Bertz CT molecular complexity index is 521. The van der Waals surface area contributed by atoms with E-state index >= 15 is 0 Å². The fourth-order valence-corrected chi connectivity index (χ4v) is 4.26. The van der Waals surface area contributed by atoms with Crippen LogP contribution in [0.15, 0.2) is 0 Å². The van der Waals surface area contributed by atoms with Gasteiger partial charge in [0.05, 0.1) is 27.4 Å². The molecule has 0 N–H and O–H groups in total. The maximum Gasteiger partial charge on any atom is 0.316 e. The van der Waals surface area contributed by atoms with Crippen molar-refractivity contribution in [2.75, 3.05) is 27.4 Å². The average molecular weight is 340 g/mol. The first-order valence-corrected chi connectivity index (χ1v) is 8.21. The second kappa shape index (κ2) is 5.81. The Morgan fingerprint density at radius 3 is 1.75 bits per heavy atom. The van der Waals surface area contributed by atoms with Gasteiger partial charge in [-0.3, -0.25) is 14.4 Å². The molecule has 7 heteroatoms. The summed E-state index contributed by atoms with van der Waals surface area (Å²) in [5, 5.41) is 0. The van der Waals surface area contributed by atoms with Gasteiger partial charge in [0.15, 0.2) is 11.6 Å². The van der Waals surface area contributed by atoms with Crippen LogP contribution in [0.4, 0.5) is 0 Å². The quantitative estimate of drug-likeness (QED) is 0.546. The average Bonchev–Trinajstić information content (AvgIpc) is 3.01. The Morgan fingerprint density at radius 1 is 0.958 bits per heavy atom. The van der Waals surface area contributed by atoms with Crippen LogP contribution in [0.5, 0.6) is 0 Å². The molecule has 0 aromatic carbocycles. The summed E-state index contributed by atoms with van der Waals surface area (Å²) in [5.41, 5.74) is -0.0811. The van der Waals surface area contributed by atoms with Crippen LogP contribution in [0.25, 0.3) is 0 Å². The Labute approximate surface area is 140 Å². The third kappa shape index (κ3) is 2.63. The van der Waals surface area contributed by atoms with Crippen LogP contribution in [0.1, 0.15) is 26.7 Å². The van der Waals surface area contributed by atoms with Gasteiger partial charge in [0.2, 0.25) is 0 Å². The third-order valence-electron chi connectivity index (χ3n) is 5.47. The van der Waals surface area contributed by atoms with Crippen molar-refractivity contribution in [2.45, 2.75) is 32.5 Å². The molecular weight excluding hydrogens is 316 g/mol. The number of hydrogen-bond acceptors (Lipinski definition) is 7. The van der Waals surface area contributed by atoms with E-state index in [1.54, 1.807) is 0 Å². The maximum absolute atomic E-state index is 12.6. The minimum Gasteiger partial charge on any atom is -0.468 e. The van der Waals surface area contributed by atoms with Crippen LogP contribution in [-0.2, 0) is 33.3 Å². The molecule has 2 unspecified atom stereocenters. The van der Waals surface area contributed by atoms with Crippen LogP contribution >= 0.6 is 0 Å². The van der Waals surface area contributed by atoms with Gasteiger partial charge in [-0.05, 0) is 11.8 Å². The van der Waals surface area contributed by atoms with Gasteiger partial charge in [0.1, 0.15) is 11.8 Å². The fraction of sp³-hybridized carbons (Fsp3) is 0.824. The van der Waals surface area contributed by atoms with Crippen LogP contribution in [-0.4, -0.2) is 50.9 Å². The minimum atomic E-state index is -0.953. The van der Waals surface area contributed by atoms with E-state index in [1.807, 2.05) is 13.8 Å². The van der Waals surface area contributed by atoms with Crippen molar-refractivity contribution >= 4 is 17.7 Å². The van der Waals surface area contributed by atoms with Gasteiger partial charge in [0, 0.05) is 18.3 Å². The lowest BCUT2D eigenvalue weighted by Crippen LogP contribution is -2.47. The SMILES string of the molecule is COC(=O)C1C(=O)C(C(=O)OC)[C@@H]2CC3(C[C@H]12)OCC(C)(C)CO3. The van der Waals surface area contributed by atoms with E-state index in [4.69, 9.17) is 18.9 Å². The number of hydrogen-bond donors (Lipinski definition) is 0. The van der Waals surface area contributed by atoms with Crippen LogP contribution in [0.2, 0.25) is 0 Å². The summed E-state index contributed by atoms with van der Waals surface area (Å²) in [5.74, 6) is -5.00. The lowest BCUT2D eigenvalue weighted by Gasteiger charge is -2.42. The molecule has 0 bridgehead atoms. The molecule has 0 aromatic rings. The number of carbonyl (C=O) groups excluding carboxylic acids is 3. The second-order valence-electron chi connectivity index (χ2n) is 7.79. The van der Waals surface area contributed by atoms with Gasteiger partial charge in [-0.1, -0.05) is 13.8 Å². The maximum atomic E-state index is 12.6. The highest BCUT2D eigenvalue weighted by molar-refractivity contribution is 6.10. The van der Waals surface area contributed by atoms with Gasteiger partial charge in [-0.25, -0.2) is 0 Å². The van der Waals surface area contributed by atoms with E-state index in [-0.39, 0.29) is 17.3 Å². The molecule has 1 saturated heterocycles. The first-order valence-electron chi connectivity index (χ1n) is 8.21. The largest absolute Gasteiger partial charge is 0.468 e. The highest BCUT2D eigenvalue weighted by atomic mass is 16.7. The lowest BCUT2D eigenvalue weighted by molar-refractivity contribution is -0.297. The molecule has 134 valence electrons. The van der Waals surface area contributed by atoms with Gasteiger partial charge in [-0.2, -0.15) is 0 Å². The molecule has 3 fully saturated rings. The predicted octanol–water partition coefficient (Wildman–Crippen LogP) is 0.943.